The molecule has 5 nitrogen and oxygen atoms in total. The van der Waals surface area contributed by atoms with Crippen molar-refractivity contribution in [3.8, 4) is 0 Å². The molecule has 1 aromatic carbocycles. The van der Waals surface area contributed by atoms with E-state index < -0.39 is 6.04 Å². The number of benzene rings is 1. The predicted molar refractivity (Wildman–Crippen MR) is 78.4 cm³/mol. The Labute approximate surface area is 123 Å². The van der Waals surface area contributed by atoms with Crippen LogP contribution in [-0.2, 0) is 16.1 Å². The van der Waals surface area contributed by atoms with Gasteiger partial charge in [-0.3, -0.25) is 14.9 Å². The Morgan fingerprint density at radius 1 is 1.38 bits per heavy atom. The number of imide groups is 1. The van der Waals surface area contributed by atoms with Crippen LogP contribution in [0.5, 0.6) is 0 Å². The van der Waals surface area contributed by atoms with Gasteiger partial charge in [-0.15, -0.1) is 0 Å². The third-order valence-electron chi connectivity index (χ3n) is 3.56. The van der Waals surface area contributed by atoms with E-state index in [2.05, 4.69) is 10.6 Å². The van der Waals surface area contributed by atoms with E-state index in [1.807, 2.05) is 13.8 Å². The van der Waals surface area contributed by atoms with E-state index in [0.29, 0.717) is 13.0 Å². The molecule has 1 aliphatic rings. The second-order valence-electron chi connectivity index (χ2n) is 5.02. The first-order chi connectivity index (χ1) is 10.1. The van der Waals surface area contributed by atoms with Gasteiger partial charge < -0.3 is 10.2 Å². The summed E-state index contributed by atoms with van der Waals surface area (Å²) in [5, 5.41) is 5.49. The van der Waals surface area contributed by atoms with Crippen molar-refractivity contribution in [3.05, 3.63) is 29.6 Å². The molecule has 1 unspecified atom stereocenters. The first kappa shape index (κ1) is 15.4. The lowest BCUT2D eigenvalue weighted by Gasteiger charge is -2.36. The van der Waals surface area contributed by atoms with E-state index in [-0.39, 0.29) is 24.2 Å². The molecule has 2 rings (SSSR count). The zero-order valence-corrected chi connectivity index (χ0v) is 12.3. The van der Waals surface area contributed by atoms with Crippen LogP contribution >= 0.6 is 0 Å². The lowest BCUT2D eigenvalue weighted by molar-refractivity contribution is -0.132. The van der Waals surface area contributed by atoms with Crippen LogP contribution in [0.1, 0.15) is 25.8 Å². The Balaban J connectivity index is 2.37. The summed E-state index contributed by atoms with van der Waals surface area (Å²) in [6.45, 7) is 5.21. The number of rotatable bonds is 5. The van der Waals surface area contributed by atoms with Gasteiger partial charge in [0.05, 0.1) is 6.54 Å². The van der Waals surface area contributed by atoms with Crippen molar-refractivity contribution in [2.45, 2.75) is 32.9 Å². The molecule has 0 aliphatic carbocycles. The third-order valence-corrected chi connectivity index (χ3v) is 3.56. The van der Waals surface area contributed by atoms with Gasteiger partial charge in [-0.2, -0.15) is 0 Å². The molecule has 0 spiro atoms. The number of halogens is 1. The molecule has 0 saturated carbocycles. The van der Waals surface area contributed by atoms with Crippen LogP contribution in [0.4, 0.5) is 10.1 Å². The zero-order chi connectivity index (χ0) is 15.4. The van der Waals surface area contributed by atoms with Gasteiger partial charge in [-0.05, 0) is 36.7 Å². The molecule has 21 heavy (non-hydrogen) atoms. The first-order valence-electron chi connectivity index (χ1n) is 7.16. The molecular formula is C15H20FN3O2. The molecular weight excluding hydrogens is 273 g/mol. The maximum Gasteiger partial charge on any atom is 0.249 e. The number of nitrogens with zero attached hydrogens (tertiary/aromatic N) is 1. The third kappa shape index (κ3) is 3.39. The Hall–Kier alpha value is -1.95. The summed E-state index contributed by atoms with van der Waals surface area (Å²) in [5.41, 5.74) is 1.48. The highest BCUT2D eigenvalue weighted by Gasteiger charge is 2.33. The first-order valence-corrected chi connectivity index (χ1v) is 7.16. The summed E-state index contributed by atoms with van der Waals surface area (Å²) in [6, 6.07) is 4.03. The number of hydrogen-bond acceptors (Lipinski definition) is 4. The fraction of sp³-hybridized carbons (Fsp3) is 0.467. The number of amides is 2. The fourth-order valence-electron chi connectivity index (χ4n) is 2.56. The molecule has 114 valence electrons. The van der Waals surface area contributed by atoms with Crippen molar-refractivity contribution in [2.24, 2.45) is 0 Å². The molecule has 1 aromatic rings. The molecule has 0 bridgehead atoms. The Morgan fingerprint density at radius 3 is 2.81 bits per heavy atom. The molecule has 0 radical (unpaired) electrons. The van der Waals surface area contributed by atoms with E-state index in [4.69, 9.17) is 0 Å². The van der Waals surface area contributed by atoms with E-state index in [1.165, 1.54) is 12.1 Å². The van der Waals surface area contributed by atoms with E-state index in [9.17, 15) is 14.0 Å². The van der Waals surface area contributed by atoms with Crippen molar-refractivity contribution >= 4 is 17.5 Å². The SMILES string of the molecule is CCNCc1cc(F)ccc1N1CC(=O)NC(=O)C1CC. The average molecular weight is 293 g/mol. The van der Waals surface area contributed by atoms with Crippen LogP contribution < -0.4 is 15.5 Å². The van der Waals surface area contributed by atoms with Gasteiger partial charge >= 0.3 is 0 Å². The Kier molecular flexibility index (Phi) is 4.90. The second kappa shape index (κ2) is 6.67. The predicted octanol–water partition coefficient (Wildman–Crippen LogP) is 1.18. The summed E-state index contributed by atoms with van der Waals surface area (Å²) < 4.78 is 13.5. The number of carbonyl (C=O) groups excluding carboxylic acids is 2. The van der Waals surface area contributed by atoms with Crippen molar-refractivity contribution < 1.29 is 14.0 Å². The zero-order valence-electron chi connectivity index (χ0n) is 12.3. The van der Waals surface area contributed by atoms with Gasteiger partial charge in [-0.25, -0.2) is 4.39 Å². The molecule has 1 heterocycles. The Morgan fingerprint density at radius 2 is 2.14 bits per heavy atom. The van der Waals surface area contributed by atoms with Gasteiger partial charge in [-0.1, -0.05) is 13.8 Å². The number of carbonyl (C=O) groups is 2. The average Bonchev–Trinajstić information content (AvgIpc) is 2.44. The lowest BCUT2D eigenvalue weighted by Crippen LogP contribution is -2.58. The molecule has 1 saturated heterocycles. The molecule has 0 aromatic heterocycles. The summed E-state index contributed by atoms with van der Waals surface area (Å²) >= 11 is 0. The van der Waals surface area contributed by atoms with Crippen LogP contribution in [0, 0.1) is 5.82 Å². The van der Waals surface area contributed by atoms with Crippen LogP contribution in [0.3, 0.4) is 0 Å². The van der Waals surface area contributed by atoms with Crippen molar-refractivity contribution in [3.63, 3.8) is 0 Å². The topological polar surface area (TPSA) is 61.4 Å². The number of anilines is 1. The largest absolute Gasteiger partial charge is 0.350 e. The van der Waals surface area contributed by atoms with Crippen molar-refractivity contribution in [1.29, 1.82) is 0 Å². The standard InChI is InChI=1S/C15H20FN3O2/c1-3-12-15(21)18-14(20)9-19(12)13-6-5-11(16)7-10(13)8-17-4-2/h5-7,12,17H,3-4,8-9H2,1-2H3,(H,18,20,21). The number of hydrogen-bond donors (Lipinski definition) is 2. The van der Waals surface area contributed by atoms with Crippen molar-refractivity contribution in [2.75, 3.05) is 18.0 Å². The maximum absolute atomic E-state index is 13.5. The smallest absolute Gasteiger partial charge is 0.249 e. The van der Waals surface area contributed by atoms with Crippen molar-refractivity contribution in [1.82, 2.24) is 10.6 Å². The number of piperazine rings is 1. The normalized spacial score (nSPS) is 18.8. The van der Waals surface area contributed by atoms with Crippen LogP contribution in [-0.4, -0.2) is 30.9 Å². The van der Waals surface area contributed by atoms with E-state index >= 15 is 0 Å². The molecule has 6 heteroatoms. The van der Waals surface area contributed by atoms with E-state index in [1.54, 1.807) is 11.0 Å². The van der Waals surface area contributed by atoms with Crippen LogP contribution in [0.25, 0.3) is 0 Å². The maximum atomic E-state index is 13.5. The molecule has 2 amide bonds. The minimum absolute atomic E-state index is 0.106. The molecule has 1 aliphatic heterocycles. The second-order valence-corrected chi connectivity index (χ2v) is 5.02. The number of nitrogens with one attached hydrogen (secondary N) is 2. The quantitative estimate of drug-likeness (QED) is 0.800. The summed E-state index contributed by atoms with van der Waals surface area (Å²) in [6.07, 6.45) is 0.580. The lowest BCUT2D eigenvalue weighted by atomic mass is 10.0. The van der Waals surface area contributed by atoms with E-state index in [0.717, 1.165) is 17.8 Å². The monoisotopic (exact) mass is 293 g/mol. The summed E-state index contributed by atoms with van der Waals surface area (Å²) in [4.78, 5) is 25.4. The van der Waals surface area contributed by atoms with Crippen LogP contribution in [0.15, 0.2) is 18.2 Å². The van der Waals surface area contributed by atoms with Gasteiger partial charge in [0.1, 0.15) is 11.9 Å². The van der Waals surface area contributed by atoms with Crippen LogP contribution in [0.2, 0.25) is 0 Å². The van der Waals surface area contributed by atoms with Gasteiger partial charge in [0.2, 0.25) is 11.8 Å². The minimum Gasteiger partial charge on any atom is -0.350 e. The molecule has 1 atom stereocenters. The van der Waals surface area contributed by atoms with Gasteiger partial charge in [0.15, 0.2) is 0 Å². The van der Waals surface area contributed by atoms with Gasteiger partial charge in [0, 0.05) is 12.2 Å². The Bertz CT molecular complexity index is 548. The highest BCUT2D eigenvalue weighted by atomic mass is 19.1. The minimum atomic E-state index is -0.409. The van der Waals surface area contributed by atoms with Gasteiger partial charge in [0.25, 0.3) is 0 Å². The highest BCUT2D eigenvalue weighted by Crippen LogP contribution is 2.26. The molecule has 1 fully saturated rings. The highest BCUT2D eigenvalue weighted by molar-refractivity contribution is 6.04. The summed E-state index contributed by atoms with van der Waals surface area (Å²) in [5.74, 6) is -0.955. The fourth-order valence-corrected chi connectivity index (χ4v) is 2.56. The summed E-state index contributed by atoms with van der Waals surface area (Å²) in [7, 11) is 0. The molecule has 2 N–H and O–H groups in total.